The van der Waals surface area contributed by atoms with Crippen molar-refractivity contribution in [2.45, 2.75) is 32.1 Å². The maximum absolute atomic E-state index is 8.12. The zero-order valence-corrected chi connectivity index (χ0v) is 13.7. The Balaban J connectivity index is 0.000000612. The van der Waals surface area contributed by atoms with Gasteiger partial charge in [-0.25, -0.2) is 0 Å². The van der Waals surface area contributed by atoms with Crippen LogP contribution < -0.4 is 0 Å². The fraction of sp³-hybridized carbons (Fsp3) is 0.400. The van der Waals surface area contributed by atoms with E-state index in [1.54, 1.807) is 0 Å². The number of hydrogen-bond donors (Lipinski definition) is 1. The molecule has 0 fully saturated rings. The van der Waals surface area contributed by atoms with Crippen molar-refractivity contribution in [3.8, 4) is 9.75 Å². The van der Waals surface area contributed by atoms with Crippen LogP contribution in [0, 0.1) is 0 Å². The summed E-state index contributed by atoms with van der Waals surface area (Å²) in [6.45, 7) is 0. The molecule has 0 amide bonds. The molecule has 0 saturated heterocycles. The zero-order chi connectivity index (χ0) is 14.6. The summed E-state index contributed by atoms with van der Waals surface area (Å²) in [5.41, 5.74) is 0. The van der Waals surface area contributed by atoms with Crippen LogP contribution in [-0.2, 0) is 16.0 Å². The van der Waals surface area contributed by atoms with Gasteiger partial charge in [-0.3, -0.25) is 0 Å². The summed E-state index contributed by atoms with van der Waals surface area (Å²) in [7, 11) is 0. The number of thiol groups is 1. The molecule has 0 atom stereocenters. The molecule has 0 saturated carbocycles. The second kappa shape index (κ2) is 10.9. The highest BCUT2D eigenvalue weighted by Crippen LogP contribution is 2.32. The highest BCUT2D eigenvalue weighted by Gasteiger charge is 2.03. The van der Waals surface area contributed by atoms with Crippen molar-refractivity contribution in [1.29, 1.82) is 0 Å². The Morgan fingerprint density at radius 1 is 1.00 bits per heavy atom. The van der Waals surface area contributed by atoms with Crippen LogP contribution in [0.4, 0.5) is 0 Å². The maximum atomic E-state index is 8.12. The monoisotopic (exact) mass is 326 g/mol. The number of unbranched alkanes of at least 4 members (excludes halogenated alkanes) is 3. The molecule has 0 N–H and O–H groups in total. The van der Waals surface area contributed by atoms with E-state index >= 15 is 0 Å². The van der Waals surface area contributed by atoms with Gasteiger partial charge in [0.05, 0.1) is 0 Å². The van der Waals surface area contributed by atoms with Gasteiger partial charge in [0.2, 0.25) is 0 Å². The normalized spacial score (nSPS) is 9.65. The summed E-state index contributed by atoms with van der Waals surface area (Å²) < 4.78 is 0. The molecule has 0 radical (unpaired) electrons. The van der Waals surface area contributed by atoms with Crippen molar-refractivity contribution in [3.63, 3.8) is 0 Å². The Morgan fingerprint density at radius 3 is 2.40 bits per heavy atom. The van der Waals surface area contributed by atoms with Gasteiger partial charge in [0, 0.05) is 14.6 Å². The van der Waals surface area contributed by atoms with Gasteiger partial charge in [-0.1, -0.05) is 18.9 Å². The number of aryl methyl sites for hydroxylation is 1. The van der Waals surface area contributed by atoms with E-state index in [9.17, 15) is 0 Å². The quantitative estimate of drug-likeness (QED) is 0.578. The van der Waals surface area contributed by atoms with Gasteiger partial charge in [0.15, 0.2) is 0 Å². The van der Waals surface area contributed by atoms with Crippen molar-refractivity contribution >= 4 is 41.5 Å². The van der Waals surface area contributed by atoms with E-state index in [1.807, 2.05) is 22.7 Å². The largest absolute Gasteiger partial charge is 0.373 e. The second-order valence-electron chi connectivity index (χ2n) is 4.21. The van der Waals surface area contributed by atoms with Crippen LogP contribution in [0.3, 0.4) is 0 Å². The summed E-state index contributed by atoms with van der Waals surface area (Å²) >= 11 is 8.01. The van der Waals surface area contributed by atoms with Crippen molar-refractivity contribution in [1.82, 2.24) is 0 Å². The van der Waals surface area contributed by atoms with Gasteiger partial charge < -0.3 is 0 Å². The predicted molar refractivity (Wildman–Crippen MR) is 88.7 cm³/mol. The fourth-order valence-electron chi connectivity index (χ4n) is 1.83. The predicted octanol–water partition coefficient (Wildman–Crippen LogP) is 4.93. The zero-order valence-electron chi connectivity index (χ0n) is 11.2. The molecule has 5 heteroatoms. The van der Waals surface area contributed by atoms with E-state index in [0.29, 0.717) is 0 Å². The molecular weight excluding hydrogens is 308 g/mol. The molecule has 0 spiro atoms. The topological polar surface area (TPSA) is 34.1 Å². The lowest BCUT2D eigenvalue weighted by Crippen LogP contribution is -1.82. The molecule has 2 nitrogen and oxygen atoms in total. The molecule has 0 unspecified atom stereocenters. The first kappa shape index (κ1) is 17.2. The first-order valence-electron chi connectivity index (χ1n) is 6.54. The summed E-state index contributed by atoms with van der Waals surface area (Å²) in [4.78, 5) is 20.6. The second-order valence-corrected chi connectivity index (χ2v) is 6.78. The SMILES string of the molecule is O=C=O.SCCCCCCc1ccc(-c2cccs2)s1. The average molecular weight is 327 g/mol. The fourth-order valence-corrected chi connectivity index (χ4v) is 3.94. The van der Waals surface area contributed by atoms with Crippen molar-refractivity contribution < 1.29 is 9.59 Å². The minimum Gasteiger partial charge on any atom is -0.186 e. The molecule has 2 aromatic heterocycles. The number of rotatable bonds is 7. The Bertz CT molecular complexity index is 497. The van der Waals surface area contributed by atoms with Crippen LogP contribution in [0.15, 0.2) is 29.6 Å². The van der Waals surface area contributed by atoms with Gasteiger partial charge in [0.1, 0.15) is 0 Å². The van der Waals surface area contributed by atoms with Crippen LogP contribution in [0.5, 0.6) is 0 Å². The van der Waals surface area contributed by atoms with Crippen LogP contribution in [0.1, 0.15) is 30.6 Å². The minimum atomic E-state index is 0.250. The lowest BCUT2D eigenvalue weighted by Gasteiger charge is -1.97. The van der Waals surface area contributed by atoms with Gasteiger partial charge >= 0.3 is 6.15 Å². The molecule has 0 aliphatic heterocycles. The first-order valence-corrected chi connectivity index (χ1v) is 8.87. The Kier molecular flexibility index (Phi) is 9.33. The number of thiophene rings is 2. The van der Waals surface area contributed by atoms with Crippen LogP contribution in [0.25, 0.3) is 9.75 Å². The molecule has 0 aromatic carbocycles. The summed E-state index contributed by atoms with van der Waals surface area (Å²) in [5, 5.41) is 2.15. The third-order valence-electron chi connectivity index (χ3n) is 2.76. The van der Waals surface area contributed by atoms with E-state index in [4.69, 9.17) is 9.59 Å². The minimum absolute atomic E-state index is 0.250. The van der Waals surface area contributed by atoms with Crippen molar-refractivity contribution in [2.24, 2.45) is 0 Å². The van der Waals surface area contributed by atoms with Gasteiger partial charge in [-0.15, -0.1) is 22.7 Å². The smallest absolute Gasteiger partial charge is 0.186 e. The molecule has 0 aliphatic carbocycles. The molecule has 0 bridgehead atoms. The van der Waals surface area contributed by atoms with Crippen LogP contribution >= 0.6 is 35.3 Å². The van der Waals surface area contributed by atoms with E-state index < -0.39 is 0 Å². The van der Waals surface area contributed by atoms with E-state index in [-0.39, 0.29) is 6.15 Å². The maximum Gasteiger partial charge on any atom is 0.373 e. The van der Waals surface area contributed by atoms with E-state index in [1.165, 1.54) is 46.7 Å². The molecule has 2 heterocycles. The van der Waals surface area contributed by atoms with Crippen molar-refractivity contribution in [3.05, 3.63) is 34.5 Å². The summed E-state index contributed by atoms with van der Waals surface area (Å²) in [6.07, 6.45) is 6.73. The number of hydrogen-bond acceptors (Lipinski definition) is 5. The van der Waals surface area contributed by atoms with Gasteiger partial charge in [-0.05, 0) is 48.6 Å². The Hall–Kier alpha value is -0.870. The lowest BCUT2D eigenvalue weighted by molar-refractivity contribution is -0.191. The number of carbonyl (C=O) groups excluding carboxylic acids is 2. The Labute approximate surface area is 133 Å². The first-order chi connectivity index (χ1) is 9.81. The van der Waals surface area contributed by atoms with Crippen LogP contribution in [0.2, 0.25) is 0 Å². The standard InChI is InChI=1S/C14H18S3.CO2/c15-10-4-2-1-3-6-12-8-9-14(17-12)13-7-5-11-16-13;2-1-3/h5,7-9,11,15H,1-4,6,10H2;. The third-order valence-corrected chi connectivity index (χ3v) is 5.28. The Morgan fingerprint density at radius 2 is 1.75 bits per heavy atom. The lowest BCUT2D eigenvalue weighted by atomic mass is 10.1. The van der Waals surface area contributed by atoms with Crippen LogP contribution in [-0.4, -0.2) is 11.9 Å². The molecule has 2 rings (SSSR count). The van der Waals surface area contributed by atoms with E-state index in [0.717, 1.165) is 5.75 Å². The molecular formula is C15H18O2S3. The molecule has 2 aromatic rings. The van der Waals surface area contributed by atoms with Gasteiger partial charge in [-0.2, -0.15) is 22.2 Å². The molecule has 108 valence electrons. The summed E-state index contributed by atoms with van der Waals surface area (Å²) in [5.74, 6) is 1.03. The van der Waals surface area contributed by atoms with Crippen molar-refractivity contribution in [2.75, 3.05) is 5.75 Å². The highest BCUT2D eigenvalue weighted by molar-refractivity contribution is 7.80. The van der Waals surface area contributed by atoms with E-state index in [2.05, 4.69) is 42.3 Å². The molecule has 0 aliphatic rings. The van der Waals surface area contributed by atoms with Gasteiger partial charge in [0.25, 0.3) is 0 Å². The average Bonchev–Trinajstić information content (AvgIpc) is 3.10. The summed E-state index contributed by atoms with van der Waals surface area (Å²) in [6, 6.07) is 8.88. The third kappa shape index (κ3) is 6.53. The molecule has 20 heavy (non-hydrogen) atoms. The highest BCUT2D eigenvalue weighted by atomic mass is 32.1.